The van der Waals surface area contributed by atoms with E-state index in [1.165, 1.54) is 12.0 Å². The van der Waals surface area contributed by atoms with Gasteiger partial charge in [-0.3, -0.25) is 5.32 Å². The van der Waals surface area contributed by atoms with E-state index in [4.69, 9.17) is 20.0 Å². The first-order valence-electron chi connectivity index (χ1n) is 18.0. The number of aliphatic hydroxyl groups is 1. The molecule has 10 nitrogen and oxygen atoms in total. The molecular formula is C39H62N6O4. The van der Waals surface area contributed by atoms with Crippen LogP contribution in [0, 0.1) is 23.2 Å². The fourth-order valence-electron chi connectivity index (χ4n) is 8.59. The fraction of sp³-hybridized carbons (Fsp3) is 0.641. The lowest BCUT2D eigenvalue weighted by atomic mass is 9.44. The average Bonchev–Trinajstić information content (AvgIpc) is 3.43. The third-order valence-electron chi connectivity index (χ3n) is 11.6. The third-order valence-corrected chi connectivity index (χ3v) is 11.6. The van der Waals surface area contributed by atoms with Crippen LogP contribution in [0.25, 0.3) is 11.1 Å². The standard InChI is InChI=1S/C39H62N6O4/c1-24-32-19-29(39(32,3)4)20-33(24)42-38(48-10)36-35(25(2)46)34(21-40)49-45(36)23-27-12-11-13-31(37(27)47-9)28-16-26(17-30(18-28)44(7)8)22-41-14-15-43(5)6/h11-13,16-18,24-25,29,32-33,36,38,41-42,46H,14-15,19-23,40H2,1-10H3/t24-,25-,29+,32-,33-,36-,38?/m0/s1. The quantitative estimate of drug-likeness (QED) is 0.151. The number of hydroxylamine groups is 2. The van der Waals surface area contributed by atoms with Gasteiger partial charge in [-0.2, -0.15) is 0 Å². The minimum absolute atomic E-state index is 0.182. The van der Waals surface area contributed by atoms with Crippen molar-refractivity contribution >= 4 is 5.69 Å². The zero-order valence-corrected chi connectivity index (χ0v) is 31.5. The van der Waals surface area contributed by atoms with Gasteiger partial charge in [-0.05, 0) is 86.4 Å². The number of para-hydroxylation sites is 1. The van der Waals surface area contributed by atoms with Crippen molar-refractivity contribution < 1.29 is 19.4 Å². The van der Waals surface area contributed by atoms with E-state index in [1.54, 1.807) is 21.1 Å². The number of ether oxygens (including phenoxy) is 2. The first-order valence-corrected chi connectivity index (χ1v) is 18.0. The number of aliphatic hydroxyl groups excluding tert-OH is 1. The van der Waals surface area contributed by atoms with E-state index in [9.17, 15) is 5.11 Å². The van der Waals surface area contributed by atoms with Crippen LogP contribution in [0.1, 0.15) is 51.7 Å². The highest BCUT2D eigenvalue weighted by molar-refractivity contribution is 5.76. The van der Waals surface area contributed by atoms with Gasteiger partial charge in [0.25, 0.3) is 0 Å². The smallest absolute Gasteiger partial charge is 0.141 e. The van der Waals surface area contributed by atoms with Gasteiger partial charge in [0.1, 0.15) is 23.8 Å². The second-order valence-corrected chi connectivity index (χ2v) is 15.5. The molecule has 7 atom stereocenters. The number of nitrogens with two attached hydrogens (primary N) is 1. The molecule has 0 radical (unpaired) electrons. The number of nitrogens with one attached hydrogen (secondary N) is 2. The first-order chi connectivity index (χ1) is 23.3. The highest BCUT2D eigenvalue weighted by Crippen LogP contribution is 2.61. The topological polar surface area (TPSA) is 108 Å². The molecule has 3 fully saturated rings. The molecule has 1 heterocycles. The van der Waals surface area contributed by atoms with Crippen molar-refractivity contribution in [1.29, 1.82) is 0 Å². The van der Waals surface area contributed by atoms with Crippen molar-refractivity contribution in [2.24, 2.45) is 28.9 Å². The maximum absolute atomic E-state index is 11.1. The number of benzene rings is 2. The molecule has 3 saturated carbocycles. The van der Waals surface area contributed by atoms with Crippen LogP contribution in [0.4, 0.5) is 5.69 Å². The molecule has 0 spiro atoms. The van der Waals surface area contributed by atoms with Crippen molar-refractivity contribution in [2.45, 2.75) is 78.0 Å². The van der Waals surface area contributed by atoms with E-state index in [1.807, 2.05) is 5.06 Å². The van der Waals surface area contributed by atoms with Crippen LogP contribution in [0.15, 0.2) is 47.7 Å². The number of fused-ring (bicyclic) bond motifs is 2. The fourth-order valence-corrected chi connectivity index (χ4v) is 8.59. The molecule has 1 unspecified atom stereocenters. The molecule has 49 heavy (non-hydrogen) atoms. The van der Waals surface area contributed by atoms with Crippen molar-refractivity contribution in [2.75, 3.05) is 66.9 Å². The van der Waals surface area contributed by atoms with Gasteiger partial charge in [0.05, 0.1) is 26.3 Å². The summed E-state index contributed by atoms with van der Waals surface area (Å²) in [5.41, 5.74) is 12.8. The first kappa shape index (κ1) is 37.6. The summed E-state index contributed by atoms with van der Waals surface area (Å²) in [5, 5.41) is 20.5. The molecule has 5 N–H and O–H groups in total. The summed E-state index contributed by atoms with van der Waals surface area (Å²) in [6, 6.07) is 12.9. The van der Waals surface area contributed by atoms with E-state index >= 15 is 0 Å². The normalized spacial score (nSPS) is 26.0. The Morgan fingerprint density at radius 3 is 2.47 bits per heavy atom. The Balaban J connectivity index is 1.44. The van der Waals surface area contributed by atoms with Gasteiger partial charge >= 0.3 is 0 Å². The molecule has 0 aromatic heterocycles. The molecule has 10 heteroatoms. The van der Waals surface area contributed by atoms with E-state index < -0.39 is 12.3 Å². The molecule has 2 bridgehead atoms. The predicted molar refractivity (Wildman–Crippen MR) is 198 cm³/mol. The Labute approximate surface area is 294 Å². The number of rotatable bonds is 16. The van der Waals surface area contributed by atoms with Crippen LogP contribution in [0.3, 0.4) is 0 Å². The molecule has 1 aliphatic heterocycles. The maximum atomic E-state index is 11.1. The van der Waals surface area contributed by atoms with Gasteiger partial charge in [-0.1, -0.05) is 39.0 Å². The third kappa shape index (κ3) is 7.81. The number of methoxy groups -OCH3 is 2. The molecule has 2 aromatic carbocycles. The summed E-state index contributed by atoms with van der Waals surface area (Å²) in [7, 11) is 11.8. The summed E-state index contributed by atoms with van der Waals surface area (Å²) >= 11 is 0. The summed E-state index contributed by atoms with van der Waals surface area (Å²) in [6.07, 6.45) is 1.26. The van der Waals surface area contributed by atoms with E-state index in [0.717, 1.165) is 59.8 Å². The average molecular weight is 679 g/mol. The Bertz CT molecular complexity index is 1460. The van der Waals surface area contributed by atoms with Crippen LogP contribution >= 0.6 is 0 Å². The number of nitrogens with zero attached hydrogens (tertiary/aromatic N) is 3. The molecule has 3 aliphatic carbocycles. The SMILES string of the molecule is COc1c(CN2OC(CN)=C([C@H](C)O)[C@H]2C(N[C@H]2C[C@H]3C[C@@H]([C@@H]2C)C3(C)C)OC)cccc1-c1cc(CNCCN(C)C)cc(N(C)C)c1. The van der Waals surface area contributed by atoms with Gasteiger partial charge < -0.3 is 40.3 Å². The summed E-state index contributed by atoms with van der Waals surface area (Å²) in [5.74, 6) is 3.29. The van der Waals surface area contributed by atoms with Crippen LogP contribution in [0.5, 0.6) is 5.75 Å². The van der Waals surface area contributed by atoms with Crippen LogP contribution in [-0.2, 0) is 22.7 Å². The van der Waals surface area contributed by atoms with Gasteiger partial charge in [0.15, 0.2) is 0 Å². The molecule has 4 aliphatic rings. The zero-order chi connectivity index (χ0) is 35.6. The predicted octanol–water partition coefficient (Wildman–Crippen LogP) is 4.42. The van der Waals surface area contributed by atoms with Crippen LogP contribution < -0.4 is 26.0 Å². The molecule has 272 valence electrons. The van der Waals surface area contributed by atoms with Crippen molar-refractivity contribution in [3.63, 3.8) is 0 Å². The van der Waals surface area contributed by atoms with Crippen molar-refractivity contribution in [3.05, 3.63) is 58.9 Å². The van der Waals surface area contributed by atoms with Crippen LogP contribution in [-0.4, -0.2) is 102 Å². The monoisotopic (exact) mass is 678 g/mol. The molecule has 0 saturated heterocycles. The Morgan fingerprint density at radius 1 is 1.12 bits per heavy atom. The number of hydrogen-bond donors (Lipinski definition) is 4. The van der Waals surface area contributed by atoms with Crippen molar-refractivity contribution in [3.8, 4) is 16.9 Å². The lowest BCUT2D eigenvalue weighted by Gasteiger charge is -2.62. The minimum atomic E-state index is -0.754. The van der Waals surface area contributed by atoms with Gasteiger partial charge in [-0.25, -0.2) is 0 Å². The maximum Gasteiger partial charge on any atom is 0.141 e. The summed E-state index contributed by atoms with van der Waals surface area (Å²) in [6.45, 7) is 12.2. The molecule has 2 aromatic rings. The molecule has 0 amide bonds. The number of likely N-dealkylation sites (N-methyl/N-ethyl adjacent to an activating group) is 1. The Morgan fingerprint density at radius 2 is 1.88 bits per heavy atom. The van der Waals surface area contributed by atoms with Gasteiger partial charge in [0, 0.05) is 69.3 Å². The summed E-state index contributed by atoms with van der Waals surface area (Å²) < 4.78 is 12.4. The zero-order valence-electron chi connectivity index (χ0n) is 31.5. The van der Waals surface area contributed by atoms with Gasteiger partial charge in [-0.15, -0.1) is 5.06 Å². The molecule has 6 rings (SSSR count). The minimum Gasteiger partial charge on any atom is -0.496 e. The van der Waals surface area contributed by atoms with E-state index in [2.05, 4.69) is 106 Å². The lowest BCUT2D eigenvalue weighted by Crippen LogP contribution is -2.63. The van der Waals surface area contributed by atoms with Gasteiger partial charge in [0.2, 0.25) is 0 Å². The lowest BCUT2D eigenvalue weighted by molar-refractivity contribution is -0.168. The highest BCUT2D eigenvalue weighted by Gasteiger charge is 2.57. The number of anilines is 1. The molecular weight excluding hydrogens is 616 g/mol. The van der Waals surface area contributed by atoms with Crippen LogP contribution in [0.2, 0.25) is 0 Å². The largest absolute Gasteiger partial charge is 0.496 e. The summed E-state index contributed by atoms with van der Waals surface area (Å²) in [4.78, 5) is 10.8. The highest BCUT2D eigenvalue weighted by atomic mass is 16.7. The second kappa shape index (κ2) is 15.7. The Hall–Kier alpha value is -2.70. The number of hydrogen-bond acceptors (Lipinski definition) is 10. The second-order valence-electron chi connectivity index (χ2n) is 15.5. The van der Waals surface area contributed by atoms with E-state index in [-0.39, 0.29) is 12.6 Å². The Kier molecular flexibility index (Phi) is 12.0. The van der Waals surface area contributed by atoms with E-state index in [0.29, 0.717) is 41.5 Å². The van der Waals surface area contributed by atoms with Crippen molar-refractivity contribution in [1.82, 2.24) is 20.6 Å².